The third kappa shape index (κ3) is 6.16. The molecule has 0 aliphatic carbocycles. The summed E-state index contributed by atoms with van der Waals surface area (Å²) >= 11 is 0. The van der Waals surface area contributed by atoms with E-state index in [0.29, 0.717) is 25.3 Å². The Bertz CT molecular complexity index is 1230. The highest BCUT2D eigenvalue weighted by Gasteiger charge is 2.11. The molecule has 0 spiro atoms. The predicted molar refractivity (Wildman–Crippen MR) is 134 cm³/mol. The molecule has 0 atom stereocenters. The van der Waals surface area contributed by atoms with Crippen LogP contribution in [0.2, 0.25) is 0 Å². The summed E-state index contributed by atoms with van der Waals surface area (Å²) in [7, 11) is 0. The number of ether oxygens (including phenoxy) is 2. The molecule has 0 radical (unpaired) electrons. The van der Waals surface area contributed by atoms with Gasteiger partial charge in [-0.1, -0.05) is 36.4 Å². The number of carbonyl (C=O) groups excluding carboxylic acids is 1. The lowest BCUT2D eigenvalue weighted by atomic mass is 10.1. The average Bonchev–Trinajstić information content (AvgIpc) is 3.20. The van der Waals surface area contributed by atoms with Crippen LogP contribution >= 0.6 is 0 Å². The fourth-order valence-corrected chi connectivity index (χ4v) is 3.81. The van der Waals surface area contributed by atoms with Crippen LogP contribution in [0, 0.1) is 13.8 Å². The number of rotatable bonds is 11. The second-order valence-corrected chi connectivity index (χ2v) is 8.32. The zero-order valence-electron chi connectivity index (χ0n) is 19.8. The minimum atomic E-state index is -0.145. The van der Waals surface area contributed by atoms with Crippen LogP contribution in [-0.2, 0) is 17.8 Å². The maximum Gasteiger partial charge on any atom is 0.257 e. The van der Waals surface area contributed by atoms with E-state index in [0.717, 1.165) is 35.6 Å². The van der Waals surface area contributed by atoms with Crippen molar-refractivity contribution >= 4 is 16.9 Å². The molecule has 0 unspecified atom stereocenters. The van der Waals surface area contributed by atoms with Gasteiger partial charge in [-0.05, 0) is 67.8 Å². The Morgan fingerprint density at radius 3 is 2.53 bits per heavy atom. The van der Waals surface area contributed by atoms with Gasteiger partial charge in [-0.3, -0.25) is 4.79 Å². The number of hydrogen-bond acceptors (Lipinski definition) is 4. The summed E-state index contributed by atoms with van der Waals surface area (Å²) in [4.78, 5) is 17.0. The number of aromatic nitrogens is 2. The van der Waals surface area contributed by atoms with Crippen LogP contribution in [0.1, 0.15) is 23.4 Å². The lowest BCUT2D eigenvalue weighted by molar-refractivity contribution is -0.123. The zero-order valence-corrected chi connectivity index (χ0v) is 19.8. The van der Waals surface area contributed by atoms with Crippen molar-refractivity contribution in [2.45, 2.75) is 33.2 Å². The Morgan fingerprint density at radius 2 is 1.71 bits per heavy atom. The first-order valence-electron chi connectivity index (χ1n) is 11.7. The third-order valence-corrected chi connectivity index (χ3v) is 5.79. The van der Waals surface area contributed by atoms with Gasteiger partial charge in [0.15, 0.2) is 6.61 Å². The molecule has 1 aromatic heterocycles. The largest absolute Gasteiger partial charge is 0.494 e. The van der Waals surface area contributed by atoms with Crippen molar-refractivity contribution in [1.29, 1.82) is 0 Å². The van der Waals surface area contributed by atoms with Crippen LogP contribution in [0.5, 0.6) is 11.5 Å². The summed E-state index contributed by atoms with van der Waals surface area (Å²) in [6.45, 7) is 6.12. The summed E-state index contributed by atoms with van der Waals surface area (Å²) in [5, 5.41) is 2.93. The molecule has 6 nitrogen and oxygen atoms in total. The number of aryl methyl sites for hydroxylation is 3. The van der Waals surface area contributed by atoms with Crippen LogP contribution < -0.4 is 14.8 Å². The van der Waals surface area contributed by atoms with Crippen LogP contribution in [0.25, 0.3) is 11.0 Å². The van der Waals surface area contributed by atoms with E-state index in [1.807, 2.05) is 54.6 Å². The van der Waals surface area contributed by atoms with Gasteiger partial charge in [-0.25, -0.2) is 4.98 Å². The molecule has 1 heterocycles. The Labute approximate surface area is 200 Å². The molecule has 4 aromatic rings. The molecule has 0 bridgehead atoms. The molecule has 4 rings (SSSR count). The van der Waals surface area contributed by atoms with Gasteiger partial charge in [0.05, 0.1) is 17.6 Å². The lowest BCUT2D eigenvalue weighted by Gasteiger charge is -2.12. The van der Waals surface area contributed by atoms with Gasteiger partial charge in [0.1, 0.15) is 17.3 Å². The van der Waals surface area contributed by atoms with E-state index >= 15 is 0 Å². The van der Waals surface area contributed by atoms with E-state index in [1.165, 1.54) is 11.1 Å². The van der Waals surface area contributed by atoms with Crippen molar-refractivity contribution in [2.24, 2.45) is 0 Å². The van der Waals surface area contributed by atoms with Gasteiger partial charge < -0.3 is 19.4 Å². The monoisotopic (exact) mass is 457 g/mol. The molecular formula is C28H31N3O3. The van der Waals surface area contributed by atoms with E-state index in [9.17, 15) is 4.79 Å². The Kier molecular flexibility index (Phi) is 7.81. The van der Waals surface area contributed by atoms with Crippen LogP contribution in [0.4, 0.5) is 0 Å². The Balaban J connectivity index is 1.30. The third-order valence-electron chi connectivity index (χ3n) is 5.79. The first-order valence-corrected chi connectivity index (χ1v) is 11.7. The summed E-state index contributed by atoms with van der Waals surface area (Å²) in [5.74, 6) is 2.40. The Morgan fingerprint density at radius 1 is 0.912 bits per heavy atom. The number of nitrogens with zero attached hydrogens (tertiary/aromatic N) is 2. The van der Waals surface area contributed by atoms with Crippen molar-refractivity contribution in [3.63, 3.8) is 0 Å². The summed E-state index contributed by atoms with van der Waals surface area (Å²) in [6, 6.07) is 23.7. The summed E-state index contributed by atoms with van der Waals surface area (Å²) in [5.41, 5.74) is 4.56. The first-order chi connectivity index (χ1) is 16.6. The second-order valence-electron chi connectivity index (χ2n) is 8.32. The first kappa shape index (κ1) is 23.4. The molecule has 0 aliphatic heterocycles. The highest BCUT2D eigenvalue weighted by atomic mass is 16.5. The van der Waals surface area contributed by atoms with E-state index in [2.05, 4.69) is 41.9 Å². The van der Waals surface area contributed by atoms with Crippen molar-refractivity contribution in [1.82, 2.24) is 14.9 Å². The fraction of sp³-hybridized carbons (Fsp3) is 0.286. The number of amides is 1. The van der Waals surface area contributed by atoms with Crippen molar-refractivity contribution in [3.8, 4) is 11.5 Å². The smallest absolute Gasteiger partial charge is 0.257 e. The van der Waals surface area contributed by atoms with E-state index in [4.69, 9.17) is 14.5 Å². The number of nitrogens with one attached hydrogen (secondary N) is 1. The van der Waals surface area contributed by atoms with Crippen molar-refractivity contribution < 1.29 is 14.3 Å². The minimum absolute atomic E-state index is 0.00372. The van der Waals surface area contributed by atoms with Gasteiger partial charge in [-0.15, -0.1) is 0 Å². The number of fused-ring (bicyclic) bond motifs is 1. The van der Waals surface area contributed by atoms with Gasteiger partial charge in [0.2, 0.25) is 0 Å². The van der Waals surface area contributed by atoms with Crippen LogP contribution in [0.3, 0.4) is 0 Å². The molecule has 1 amide bonds. The molecule has 34 heavy (non-hydrogen) atoms. The SMILES string of the molecule is Cc1ccc(OCCCn2c(CCNC(=O)COc3ccccc3)nc3ccccc32)cc1C. The highest BCUT2D eigenvalue weighted by Crippen LogP contribution is 2.19. The number of para-hydroxylation sites is 3. The normalized spacial score (nSPS) is 10.9. The van der Waals surface area contributed by atoms with Crippen molar-refractivity contribution in [2.75, 3.05) is 19.8 Å². The average molecular weight is 458 g/mol. The summed E-state index contributed by atoms with van der Waals surface area (Å²) in [6.07, 6.45) is 1.50. The minimum Gasteiger partial charge on any atom is -0.494 e. The Hall–Kier alpha value is -3.80. The van der Waals surface area contributed by atoms with Gasteiger partial charge in [0, 0.05) is 19.5 Å². The van der Waals surface area contributed by atoms with E-state index in [-0.39, 0.29) is 12.5 Å². The number of imidazole rings is 1. The lowest BCUT2D eigenvalue weighted by Crippen LogP contribution is -2.31. The summed E-state index contributed by atoms with van der Waals surface area (Å²) < 4.78 is 13.7. The standard InChI is InChI=1S/C28H31N3O3/c1-21-13-14-24(19-22(21)2)33-18-8-17-31-26-12-7-6-11-25(26)30-27(31)15-16-29-28(32)20-34-23-9-4-3-5-10-23/h3-7,9-14,19H,8,15-18,20H2,1-2H3,(H,29,32). The van der Waals surface area contributed by atoms with E-state index in [1.54, 1.807) is 0 Å². The van der Waals surface area contributed by atoms with Gasteiger partial charge in [0.25, 0.3) is 5.91 Å². The number of hydrogen-bond donors (Lipinski definition) is 1. The maximum absolute atomic E-state index is 12.2. The maximum atomic E-state index is 12.2. The molecule has 0 aliphatic rings. The van der Waals surface area contributed by atoms with Gasteiger partial charge >= 0.3 is 0 Å². The number of carbonyl (C=O) groups is 1. The molecular weight excluding hydrogens is 426 g/mol. The molecule has 6 heteroatoms. The van der Waals surface area contributed by atoms with Crippen LogP contribution in [0.15, 0.2) is 72.8 Å². The quantitative estimate of drug-likeness (QED) is 0.327. The van der Waals surface area contributed by atoms with Crippen molar-refractivity contribution in [3.05, 3.63) is 89.7 Å². The number of benzene rings is 3. The zero-order chi connectivity index (χ0) is 23.8. The topological polar surface area (TPSA) is 65.4 Å². The second kappa shape index (κ2) is 11.4. The van der Waals surface area contributed by atoms with Crippen LogP contribution in [-0.4, -0.2) is 35.2 Å². The predicted octanol–water partition coefficient (Wildman–Crippen LogP) is 4.86. The van der Waals surface area contributed by atoms with Gasteiger partial charge in [-0.2, -0.15) is 0 Å². The molecule has 0 saturated heterocycles. The molecule has 1 N–H and O–H groups in total. The fourth-order valence-electron chi connectivity index (χ4n) is 3.81. The molecule has 0 saturated carbocycles. The molecule has 0 fully saturated rings. The van der Waals surface area contributed by atoms with E-state index < -0.39 is 0 Å². The molecule has 176 valence electrons. The highest BCUT2D eigenvalue weighted by molar-refractivity contribution is 5.77. The molecule has 3 aromatic carbocycles.